The lowest BCUT2D eigenvalue weighted by molar-refractivity contribution is -0.140. The lowest BCUT2D eigenvalue weighted by Gasteiger charge is -2.16. The van der Waals surface area contributed by atoms with Crippen LogP contribution in [0.15, 0.2) is 0 Å². The Kier molecular flexibility index (Phi) is 3.97. The van der Waals surface area contributed by atoms with Crippen molar-refractivity contribution in [2.45, 2.75) is 36.6 Å². The van der Waals surface area contributed by atoms with E-state index in [0.29, 0.717) is 18.1 Å². The SMILES string of the molecule is N#CC(CCC[C@@H]1SC[C@@H]2NC(=O)N[C@@H]21)C(=O)O. The van der Waals surface area contributed by atoms with Gasteiger partial charge < -0.3 is 15.7 Å². The molecule has 2 amide bonds. The van der Waals surface area contributed by atoms with Crippen LogP contribution >= 0.6 is 11.8 Å². The quantitative estimate of drug-likeness (QED) is 0.632. The zero-order valence-corrected chi connectivity index (χ0v) is 10.6. The summed E-state index contributed by atoms with van der Waals surface area (Å²) < 4.78 is 0. The summed E-state index contributed by atoms with van der Waals surface area (Å²) >= 11 is 1.80. The first-order chi connectivity index (χ1) is 8.61. The fourth-order valence-corrected chi connectivity index (χ4v) is 3.95. The smallest absolute Gasteiger partial charge is 0.320 e. The predicted octanol–water partition coefficient (Wildman–Crippen LogP) is 0.546. The topological polar surface area (TPSA) is 102 Å². The molecule has 3 N–H and O–H groups in total. The molecule has 2 heterocycles. The minimum Gasteiger partial charge on any atom is -0.480 e. The Morgan fingerprint density at radius 3 is 3.06 bits per heavy atom. The van der Waals surface area contributed by atoms with Crippen molar-refractivity contribution >= 4 is 23.8 Å². The molecule has 0 aliphatic carbocycles. The van der Waals surface area contributed by atoms with Crippen molar-refractivity contribution in [1.82, 2.24) is 10.6 Å². The van der Waals surface area contributed by atoms with Crippen molar-refractivity contribution in [2.24, 2.45) is 5.92 Å². The van der Waals surface area contributed by atoms with Crippen LogP contribution < -0.4 is 10.6 Å². The van der Waals surface area contributed by atoms with Gasteiger partial charge in [0.05, 0.1) is 18.2 Å². The molecule has 0 aromatic rings. The van der Waals surface area contributed by atoms with E-state index < -0.39 is 11.9 Å². The van der Waals surface area contributed by atoms with Gasteiger partial charge >= 0.3 is 12.0 Å². The molecule has 1 unspecified atom stereocenters. The summed E-state index contributed by atoms with van der Waals surface area (Å²) in [5, 5.41) is 23.5. The van der Waals surface area contributed by atoms with E-state index in [1.807, 2.05) is 0 Å². The maximum absolute atomic E-state index is 11.2. The number of nitriles is 1. The molecule has 18 heavy (non-hydrogen) atoms. The molecule has 2 aliphatic rings. The first-order valence-corrected chi connectivity index (χ1v) is 6.97. The van der Waals surface area contributed by atoms with Gasteiger partial charge in [-0.1, -0.05) is 6.42 Å². The minimum absolute atomic E-state index is 0.115. The number of hydrogen-bond acceptors (Lipinski definition) is 4. The van der Waals surface area contributed by atoms with E-state index in [-0.39, 0.29) is 18.1 Å². The number of amides is 2. The molecular formula is C11H15N3O3S. The Hall–Kier alpha value is -1.42. The van der Waals surface area contributed by atoms with Crippen LogP contribution in [0.3, 0.4) is 0 Å². The van der Waals surface area contributed by atoms with Crippen molar-refractivity contribution in [3.8, 4) is 6.07 Å². The van der Waals surface area contributed by atoms with E-state index in [2.05, 4.69) is 10.6 Å². The highest BCUT2D eigenvalue weighted by molar-refractivity contribution is 8.00. The molecule has 4 atom stereocenters. The van der Waals surface area contributed by atoms with E-state index in [9.17, 15) is 9.59 Å². The second kappa shape index (κ2) is 5.48. The zero-order valence-electron chi connectivity index (χ0n) is 9.76. The molecule has 0 saturated carbocycles. The second-order valence-corrected chi connectivity index (χ2v) is 5.84. The summed E-state index contributed by atoms with van der Waals surface area (Å²) in [6.45, 7) is 0. The number of rotatable bonds is 5. The predicted molar refractivity (Wildman–Crippen MR) is 66.1 cm³/mol. The number of aliphatic carboxylic acids is 1. The highest BCUT2D eigenvalue weighted by atomic mass is 32.2. The molecule has 98 valence electrons. The molecular weight excluding hydrogens is 254 g/mol. The second-order valence-electron chi connectivity index (χ2n) is 4.57. The Balaban J connectivity index is 1.76. The number of fused-ring (bicyclic) bond motifs is 1. The van der Waals surface area contributed by atoms with Crippen LogP contribution in [-0.4, -0.2) is 40.2 Å². The average molecular weight is 269 g/mol. The number of carboxylic acids is 1. The number of carboxylic acid groups (broad SMARTS) is 1. The van der Waals surface area contributed by atoms with Crippen LogP contribution in [0.5, 0.6) is 0 Å². The number of nitrogens with zero attached hydrogens (tertiary/aromatic N) is 1. The Morgan fingerprint density at radius 2 is 2.39 bits per heavy atom. The van der Waals surface area contributed by atoms with Crippen molar-refractivity contribution in [3.05, 3.63) is 0 Å². The molecule has 0 aromatic heterocycles. The minimum atomic E-state index is -1.05. The number of hydrogen-bond donors (Lipinski definition) is 3. The highest BCUT2D eigenvalue weighted by Gasteiger charge is 2.42. The Morgan fingerprint density at radius 1 is 1.61 bits per heavy atom. The molecule has 2 rings (SSSR count). The van der Waals surface area contributed by atoms with Gasteiger partial charge in [-0.2, -0.15) is 17.0 Å². The van der Waals surface area contributed by atoms with Gasteiger partial charge in [-0.25, -0.2) is 4.79 Å². The number of carbonyl (C=O) groups excluding carboxylic acids is 1. The third-order valence-electron chi connectivity index (χ3n) is 3.37. The number of thioether (sulfide) groups is 1. The molecule has 0 spiro atoms. The Bertz CT molecular complexity index is 395. The van der Waals surface area contributed by atoms with Crippen molar-refractivity contribution in [1.29, 1.82) is 5.26 Å². The van der Waals surface area contributed by atoms with Gasteiger partial charge in [-0.3, -0.25) is 4.79 Å². The zero-order chi connectivity index (χ0) is 13.1. The molecule has 2 fully saturated rings. The van der Waals surface area contributed by atoms with Crippen LogP contribution in [0.2, 0.25) is 0 Å². The fourth-order valence-electron chi connectivity index (χ4n) is 2.41. The van der Waals surface area contributed by atoms with Gasteiger partial charge in [0.1, 0.15) is 5.92 Å². The molecule has 2 saturated heterocycles. The van der Waals surface area contributed by atoms with E-state index in [1.165, 1.54) is 0 Å². The maximum atomic E-state index is 11.2. The van der Waals surface area contributed by atoms with Gasteiger partial charge in [0.25, 0.3) is 0 Å². The standard InChI is InChI=1S/C11H15N3O3S/c12-4-6(10(15)16)2-1-3-8-9-7(5-18-8)13-11(17)14-9/h6-9H,1-3,5H2,(H,15,16)(H2,13,14,17)/t6?,7-,8-,9-/m0/s1. The largest absolute Gasteiger partial charge is 0.480 e. The summed E-state index contributed by atoms with van der Waals surface area (Å²) in [4.78, 5) is 21.9. The van der Waals surface area contributed by atoms with Crippen LogP contribution in [0.25, 0.3) is 0 Å². The van der Waals surface area contributed by atoms with Crippen LogP contribution in [0, 0.1) is 17.2 Å². The number of carbonyl (C=O) groups is 2. The van der Waals surface area contributed by atoms with Crippen LogP contribution in [0.1, 0.15) is 19.3 Å². The maximum Gasteiger partial charge on any atom is 0.320 e. The highest BCUT2D eigenvalue weighted by Crippen LogP contribution is 2.33. The molecule has 0 bridgehead atoms. The van der Waals surface area contributed by atoms with Crippen LogP contribution in [-0.2, 0) is 4.79 Å². The van der Waals surface area contributed by atoms with E-state index in [1.54, 1.807) is 17.8 Å². The fraction of sp³-hybridized carbons (Fsp3) is 0.727. The van der Waals surface area contributed by atoms with E-state index in [4.69, 9.17) is 10.4 Å². The Labute approximate surface area is 109 Å². The van der Waals surface area contributed by atoms with Crippen molar-refractivity contribution < 1.29 is 14.7 Å². The van der Waals surface area contributed by atoms with Gasteiger partial charge in [0.15, 0.2) is 0 Å². The molecule has 2 aliphatic heterocycles. The van der Waals surface area contributed by atoms with Gasteiger partial charge in [-0.05, 0) is 12.8 Å². The van der Waals surface area contributed by atoms with Gasteiger partial charge in [-0.15, -0.1) is 0 Å². The van der Waals surface area contributed by atoms with Crippen molar-refractivity contribution in [2.75, 3.05) is 5.75 Å². The summed E-state index contributed by atoms with van der Waals surface area (Å²) in [6.07, 6.45) is 1.90. The number of nitrogens with one attached hydrogen (secondary N) is 2. The molecule has 6 nitrogen and oxygen atoms in total. The summed E-state index contributed by atoms with van der Waals surface area (Å²) in [5.74, 6) is -1.07. The monoisotopic (exact) mass is 269 g/mol. The summed E-state index contributed by atoms with van der Waals surface area (Å²) in [6, 6.07) is 2.02. The van der Waals surface area contributed by atoms with Gasteiger partial charge in [0, 0.05) is 11.0 Å². The summed E-state index contributed by atoms with van der Waals surface area (Å²) in [5.41, 5.74) is 0. The third kappa shape index (κ3) is 2.70. The average Bonchev–Trinajstić information content (AvgIpc) is 2.84. The lowest BCUT2D eigenvalue weighted by Crippen LogP contribution is -2.36. The third-order valence-corrected chi connectivity index (χ3v) is 4.88. The normalized spacial score (nSPS) is 31.1. The van der Waals surface area contributed by atoms with Crippen LogP contribution in [0.4, 0.5) is 4.79 Å². The first kappa shape index (κ1) is 13.0. The van der Waals surface area contributed by atoms with E-state index >= 15 is 0 Å². The number of urea groups is 1. The van der Waals surface area contributed by atoms with Gasteiger partial charge in [0.2, 0.25) is 0 Å². The van der Waals surface area contributed by atoms with Crippen molar-refractivity contribution in [3.63, 3.8) is 0 Å². The lowest BCUT2D eigenvalue weighted by atomic mass is 9.99. The first-order valence-electron chi connectivity index (χ1n) is 5.93. The molecule has 7 heteroatoms. The van der Waals surface area contributed by atoms with E-state index in [0.717, 1.165) is 12.2 Å². The molecule has 0 aromatic carbocycles. The summed E-state index contributed by atoms with van der Waals surface area (Å²) in [7, 11) is 0. The molecule has 0 radical (unpaired) electrons.